The highest BCUT2D eigenvalue weighted by atomic mass is 16.5. The maximum Gasteiger partial charge on any atom is 0.0591 e. The van der Waals surface area contributed by atoms with E-state index in [0.29, 0.717) is 5.41 Å². The van der Waals surface area contributed by atoms with Gasteiger partial charge in [-0.3, -0.25) is 0 Å². The minimum Gasteiger partial charge on any atom is -0.380 e. The Morgan fingerprint density at radius 1 is 1.24 bits per heavy atom. The lowest BCUT2D eigenvalue weighted by Gasteiger charge is -2.23. The van der Waals surface area contributed by atoms with Crippen molar-refractivity contribution in [2.75, 3.05) is 32.8 Å². The number of hydrogen-bond acceptors (Lipinski definition) is 3. The maximum absolute atomic E-state index is 5.60. The third-order valence-corrected chi connectivity index (χ3v) is 3.50. The van der Waals surface area contributed by atoms with E-state index in [1.165, 1.54) is 25.7 Å². The Balaban J connectivity index is 1.79. The molecule has 0 atom stereocenters. The van der Waals surface area contributed by atoms with Crippen LogP contribution in [-0.2, 0) is 4.74 Å². The van der Waals surface area contributed by atoms with Crippen molar-refractivity contribution in [1.82, 2.24) is 5.32 Å². The van der Waals surface area contributed by atoms with Crippen LogP contribution in [0.2, 0.25) is 0 Å². The summed E-state index contributed by atoms with van der Waals surface area (Å²) in [6.45, 7) is 9.34. The Morgan fingerprint density at radius 2 is 2.00 bits per heavy atom. The summed E-state index contributed by atoms with van der Waals surface area (Å²) in [5, 5.41) is 3.44. The van der Waals surface area contributed by atoms with E-state index in [4.69, 9.17) is 10.5 Å². The minimum atomic E-state index is 0.402. The van der Waals surface area contributed by atoms with Crippen molar-refractivity contribution in [3.63, 3.8) is 0 Å². The lowest BCUT2D eigenvalue weighted by molar-refractivity contribution is 0.126. The third kappa shape index (κ3) is 8.58. The van der Waals surface area contributed by atoms with Crippen molar-refractivity contribution < 1.29 is 4.74 Å². The highest BCUT2D eigenvalue weighted by molar-refractivity contribution is 4.72. The van der Waals surface area contributed by atoms with Gasteiger partial charge in [0, 0.05) is 13.2 Å². The van der Waals surface area contributed by atoms with E-state index < -0.39 is 0 Å². The molecule has 0 aromatic rings. The van der Waals surface area contributed by atoms with Gasteiger partial charge >= 0.3 is 0 Å². The molecule has 3 nitrogen and oxygen atoms in total. The molecule has 1 fully saturated rings. The van der Waals surface area contributed by atoms with Crippen molar-refractivity contribution in [1.29, 1.82) is 0 Å². The summed E-state index contributed by atoms with van der Waals surface area (Å²) in [5.41, 5.74) is 6.00. The molecule has 0 amide bonds. The summed E-state index contributed by atoms with van der Waals surface area (Å²) in [6, 6.07) is 0. The van der Waals surface area contributed by atoms with Crippen LogP contribution < -0.4 is 11.1 Å². The topological polar surface area (TPSA) is 47.3 Å². The molecular weight excluding hydrogens is 212 g/mol. The molecule has 0 unspecified atom stereocenters. The van der Waals surface area contributed by atoms with Crippen molar-refractivity contribution in [3.05, 3.63) is 0 Å². The first-order valence-corrected chi connectivity index (χ1v) is 7.12. The van der Waals surface area contributed by atoms with Gasteiger partial charge in [0.15, 0.2) is 0 Å². The fourth-order valence-corrected chi connectivity index (χ4v) is 2.01. The molecule has 0 radical (unpaired) electrons. The van der Waals surface area contributed by atoms with E-state index in [1.807, 2.05) is 0 Å². The fourth-order valence-electron chi connectivity index (χ4n) is 2.01. The zero-order chi connectivity index (χ0) is 12.6. The van der Waals surface area contributed by atoms with E-state index in [1.54, 1.807) is 0 Å². The summed E-state index contributed by atoms with van der Waals surface area (Å²) in [5.74, 6) is 0.882. The summed E-state index contributed by atoms with van der Waals surface area (Å²) >= 11 is 0. The van der Waals surface area contributed by atoms with Crippen LogP contribution in [0.3, 0.4) is 0 Å². The monoisotopic (exact) mass is 242 g/mol. The molecule has 1 aliphatic rings. The smallest absolute Gasteiger partial charge is 0.0591 e. The van der Waals surface area contributed by atoms with Crippen LogP contribution in [0.4, 0.5) is 0 Å². The number of nitrogens with one attached hydrogen (secondary N) is 1. The molecule has 0 aromatic carbocycles. The first-order valence-electron chi connectivity index (χ1n) is 7.12. The van der Waals surface area contributed by atoms with Gasteiger partial charge in [0.2, 0.25) is 0 Å². The van der Waals surface area contributed by atoms with Crippen molar-refractivity contribution in [2.45, 2.75) is 46.0 Å². The highest BCUT2D eigenvalue weighted by Crippen LogP contribution is 2.28. The predicted molar refractivity (Wildman–Crippen MR) is 73.1 cm³/mol. The van der Waals surface area contributed by atoms with Gasteiger partial charge in [-0.15, -0.1) is 0 Å². The molecule has 0 aromatic heterocycles. The quantitative estimate of drug-likeness (QED) is 0.546. The predicted octanol–water partition coefficient (Wildman–Crippen LogP) is 2.16. The van der Waals surface area contributed by atoms with E-state index in [9.17, 15) is 0 Å². The molecule has 3 heteroatoms. The van der Waals surface area contributed by atoms with Crippen LogP contribution in [-0.4, -0.2) is 32.8 Å². The van der Waals surface area contributed by atoms with Gasteiger partial charge in [-0.1, -0.05) is 13.8 Å². The first-order chi connectivity index (χ1) is 8.14. The second-order valence-electron chi connectivity index (χ2n) is 6.07. The Labute approximate surface area is 106 Å². The Bertz CT molecular complexity index is 191. The van der Waals surface area contributed by atoms with Gasteiger partial charge in [-0.2, -0.15) is 0 Å². The molecular formula is C14H30N2O. The van der Waals surface area contributed by atoms with Crippen molar-refractivity contribution >= 4 is 0 Å². The molecule has 102 valence electrons. The van der Waals surface area contributed by atoms with Gasteiger partial charge < -0.3 is 15.8 Å². The summed E-state index contributed by atoms with van der Waals surface area (Å²) < 4.78 is 5.56. The van der Waals surface area contributed by atoms with Crippen LogP contribution >= 0.6 is 0 Å². The molecule has 0 aliphatic heterocycles. The minimum absolute atomic E-state index is 0.402. The van der Waals surface area contributed by atoms with Crippen LogP contribution in [0.1, 0.15) is 46.0 Å². The van der Waals surface area contributed by atoms with Gasteiger partial charge in [0.25, 0.3) is 0 Å². The normalized spacial score (nSPS) is 16.4. The fraction of sp³-hybridized carbons (Fsp3) is 1.00. The Morgan fingerprint density at radius 3 is 2.65 bits per heavy atom. The molecule has 0 heterocycles. The first kappa shape index (κ1) is 14.9. The standard InChI is InChI=1S/C14H30N2O/c1-14(2,7-8-15)6-3-9-16-10-11-17-12-13-4-5-13/h13,16H,3-12,15H2,1-2H3. The van der Waals surface area contributed by atoms with Gasteiger partial charge in [-0.05, 0) is 56.5 Å². The number of hydrogen-bond donors (Lipinski definition) is 2. The summed E-state index contributed by atoms with van der Waals surface area (Å²) in [4.78, 5) is 0. The highest BCUT2D eigenvalue weighted by Gasteiger charge is 2.20. The van der Waals surface area contributed by atoms with Crippen LogP contribution in [0.15, 0.2) is 0 Å². The number of ether oxygens (including phenoxy) is 1. The van der Waals surface area contributed by atoms with Gasteiger partial charge in [0.1, 0.15) is 0 Å². The van der Waals surface area contributed by atoms with E-state index in [-0.39, 0.29) is 0 Å². The average Bonchev–Trinajstić information content (AvgIpc) is 3.05. The number of nitrogens with two attached hydrogens (primary N) is 1. The van der Waals surface area contributed by atoms with Gasteiger partial charge in [0.05, 0.1) is 6.61 Å². The second-order valence-corrected chi connectivity index (χ2v) is 6.07. The van der Waals surface area contributed by atoms with Crippen molar-refractivity contribution in [2.24, 2.45) is 17.1 Å². The zero-order valence-corrected chi connectivity index (χ0v) is 11.6. The van der Waals surface area contributed by atoms with E-state index in [0.717, 1.165) is 45.2 Å². The maximum atomic E-state index is 5.60. The van der Waals surface area contributed by atoms with Crippen molar-refractivity contribution in [3.8, 4) is 0 Å². The average molecular weight is 242 g/mol. The molecule has 3 N–H and O–H groups in total. The van der Waals surface area contributed by atoms with E-state index >= 15 is 0 Å². The molecule has 0 spiro atoms. The van der Waals surface area contributed by atoms with E-state index in [2.05, 4.69) is 19.2 Å². The van der Waals surface area contributed by atoms with Crippen LogP contribution in [0.5, 0.6) is 0 Å². The molecule has 17 heavy (non-hydrogen) atoms. The lowest BCUT2D eigenvalue weighted by Crippen LogP contribution is -2.23. The molecule has 1 aliphatic carbocycles. The Kier molecular flexibility index (Phi) is 7.09. The molecule has 0 saturated heterocycles. The summed E-state index contributed by atoms with van der Waals surface area (Å²) in [6.07, 6.45) is 6.36. The van der Waals surface area contributed by atoms with Gasteiger partial charge in [-0.25, -0.2) is 0 Å². The Hall–Kier alpha value is -0.120. The molecule has 0 bridgehead atoms. The number of rotatable bonds is 11. The second kappa shape index (κ2) is 8.06. The lowest BCUT2D eigenvalue weighted by atomic mass is 9.84. The van der Waals surface area contributed by atoms with Crippen LogP contribution in [0, 0.1) is 11.3 Å². The SMILES string of the molecule is CC(C)(CCN)CCCNCCOCC1CC1. The zero-order valence-electron chi connectivity index (χ0n) is 11.6. The largest absolute Gasteiger partial charge is 0.380 e. The third-order valence-electron chi connectivity index (χ3n) is 3.50. The summed E-state index contributed by atoms with van der Waals surface area (Å²) in [7, 11) is 0. The molecule has 1 rings (SSSR count). The van der Waals surface area contributed by atoms with Crippen LogP contribution in [0.25, 0.3) is 0 Å². The molecule has 1 saturated carbocycles.